The van der Waals surface area contributed by atoms with Gasteiger partial charge in [-0.25, -0.2) is 0 Å². The third-order valence-corrected chi connectivity index (χ3v) is 3.61. The van der Waals surface area contributed by atoms with Gasteiger partial charge in [0, 0.05) is 5.56 Å². The van der Waals surface area contributed by atoms with Crippen LogP contribution in [0.1, 0.15) is 15.9 Å². The predicted octanol–water partition coefficient (Wildman–Crippen LogP) is 3.82. The second-order valence-corrected chi connectivity index (χ2v) is 4.87. The van der Waals surface area contributed by atoms with E-state index >= 15 is 0 Å². The van der Waals surface area contributed by atoms with Crippen LogP contribution in [0.15, 0.2) is 61.2 Å². The van der Waals surface area contributed by atoms with Gasteiger partial charge in [-0.1, -0.05) is 36.4 Å². The van der Waals surface area contributed by atoms with Crippen LogP contribution in [0.25, 0.3) is 21.5 Å². The van der Waals surface area contributed by atoms with Gasteiger partial charge in [-0.15, -0.1) is 6.58 Å². The number of hydrogen-bond donors (Lipinski definition) is 1. The molecule has 3 aromatic rings. The van der Waals surface area contributed by atoms with E-state index in [1.54, 1.807) is 12.1 Å². The van der Waals surface area contributed by atoms with E-state index in [2.05, 4.69) is 30.8 Å². The number of carbonyl (C=O) groups is 1. The normalized spacial score (nSPS) is 10.8. The minimum Gasteiger partial charge on any atom is -0.366 e. The summed E-state index contributed by atoms with van der Waals surface area (Å²) in [5.41, 5.74) is 7.01. The number of fused-ring (bicyclic) bond motifs is 2. The predicted molar refractivity (Wildman–Crippen MR) is 83.9 cm³/mol. The van der Waals surface area contributed by atoms with Crippen molar-refractivity contribution in [2.75, 3.05) is 0 Å². The fourth-order valence-electron chi connectivity index (χ4n) is 2.67. The summed E-state index contributed by atoms with van der Waals surface area (Å²) >= 11 is 0. The number of amides is 1. The smallest absolute Gasteiger partial charge is 0.249 e. The van der Waals surface area contributed by atoms with Gasteiger partial charge in [0.05, 0.1) is 0 Å². The summed E-state index contributed by atoms with van der Waals surface area (Å²) in [6, 6.07) is 16.2. The summed E-state index contributed by atoms with van der Waals surface area (Å²) in [6.07, 6.45) is 2.43. The van der Waals surface area contributed by atoms with Crippen LogP contribution in [0.5, 0.6) is 0 Å². The van der Waals surface area contributed by atoms with Crippen LogP contribution in [-0.4, -0.2) is 5.91 Å². The molecular formula is C18H15NO. The largest absolute Gasteiger partial charge is 0.366 e. The topological polar surface area (TPSA) is 43.1 Å². The van der Waals surface area contributed by atoms with Gasteiger partial charge in [0.25, 0.3) is 0 Å². The first-order valence-corrected chi connectivity index (χ1v) is 6.56. The van der Waals surface area contributed by atoms with Crippen molar-refractivity contribution in [3.05, 3.63) is 72.3 Å². The van der Waals surface area contributed by atoms with Crippen molar-refractivity contribution in [3.63, 3.8) is 0 Å². The fraction of sp³-hybridized carbons (Fsp3) is 0.0556. The lowest BCUT2D eigenvalue weighted by molar-refractivity contribution is 0.0999. The van der Waals surface area contributed by atoms with Gasteiger partial charge in [-0.05, 0) is 51.7 Å². The van der Waals surface area contributed by atoms with E-state index in [4.69, 9.17) is 5.73 Å². The lowest BCUT2D eigenvalue weighted by Crippen LogP contribution is -2.13. The maximum absolute atomic E-state index is 11.6. The van der Waals surface area contributed by atoms with Crippen LogP contribution in [0.2, 0.25) is 0 Å². The molecule has 2 nitrogen and oxygen atoms in total. The SMILES string of the molecule is C=CCc1c(C(N)=O)ccc2cc3ccccc3cc12. The lowest BCUT2D eigenvalue weighted by Gasteiger charge is -2.11. The molecule has 3 aromatic carbocycles. The molecule has 0 fully saturated rings. The number of carbonyl (C=O) groups excluding carboxylic acids is 1. The van der Waals surface area contributed by atoms with Crippen LogP contribution >= 0.6 is 0 Å². The van der Waals surface area contributed by atoms with Crippen LogP contribution in [-0.2, 0) is 6.42 Å². The molecule has 0 aromatic heterocycles. The zero-order valence-corrected chi connectivity index (χ0v) is 11.1. The molecule has 0 radical (unpaired) electrons. The molecule has 0 unspecified atom stereocenters. The van der Waals surface area contributed by atoms with Gasteiger partial charge in [-0.3, -0.25) is 4.79 Å². The fourth-order valence-corrected chi connectivity index (χ4v) is 2.67. The van der Waals surface area contributed by atoms with Gasteiger partial charge in [-0.2, -0.15) is 0 Å². The summed E-state index contributed by atoms with van der Waals surface area (Å²) < 4.78 is 0. The summed E-state index contributed by atoms with van der Waals surface area (Å²) in [6.45, 7) is 3.77. The first-order valence-electron chi connectivity index (χ1n) is 6.56. The molecule has 0 bridgehead atoms. The Morgan fingerprint density at radius 3 is 2.40 bits per heavy atom. The Morgan fingerprint density at radius 2 is 1.75 bits per heavy atom. The maximum Gasteiger partial charge on any atom is 0.249 e. The van der Waals surface area contributed by atoms with Crippen molar-refractivity contribution >= 4 is 27.5 Å². The first kappa shape index (κ1) is 12.4. The molecule has 1 amide bonds. The number of benzene rings is 3. The Hall–Kier alpha value is -2.61. The van der Waals surface area contributed by atoms with Crippen molar-refractivity contribution in [2.24, 2.45) is 5.73 Å². The van der Waals surface area contributed by atoms with E-state index in [9.17, 15) is 4.79 Å². The zero-order valence-electron chi connectivity index (χ0n) is 11.1. The third-order valence-electron chi connectivity index (χ3n) is 3.61. The second-order valence-electron chi connectivity index (χ2n) is 4.87. The van der Waals surface area contributed by atoms with Crippen LogP contribution in [0.3, 0.4) is 0 Å². The highest BCUT2D eigenvalue weighted by Crippen LogP contribution is 2.28. The van der Waals surface area contributed by atoms with E-state index < -0.39 is 5.91 Å². The number of hydrogen-bond acceptors (Lipinski definition) is 1. The standard InChI is InChI=1S/C18H15NO/c1-2-5-15-16(18(19)20)9-8-14-10-12-6-3-4-7-13(12)11-17(14)15/h2-4,6-11H,1,5H2,(H2,19,20). The van der Waals surface area contributed by atoms with Crippen molar-refractivity contribution in [2.45, 2.75) is 6.42 Å². The van der Waals surface area contributed by atoms with E-state index in [0.29, 0.717) is 12.0 Å². The zero-order chi connectivity index (χ0) is 14.1. The Morgan fingerprint density at radius 1 is 1.05 bits per heavy atom. The number of allylic oxidation sites excluding steroid dienone is 1. The number of primary amides is 1. The van der Waals surface area contributed by atoms with Crippen LogP contribution < -0.4 is 5.73 Å². The van der Waals surface area contributed by atoms with E-state index in [1.165, 1.54) is 5.39 Å². The summed E-state index contributed by atoms with van der Waals surface area (Å²) in [5.74, 6) is -0.392. The molecule has 0 aliphatic heterocycles. The van der Waals surface area contributed by atoms with Crippen molar-refractivity contribution in [1.82, 2.24) is 0 Å². The van der Waals surface area contributed by atoms with Crippen LogP contribution in [0.4, 0.5) is 0 Å². The average Bonchev–Trinajstić information content (AvgIpc) is 2.45. The van der Waals surface area contributed by atoms with Crippen molar-refractivity contribution < 1.29 is 4.79 Å². The Balaban J connectivity index is 2.42. The molecule has 0 saturated carbocycles. The Labute approximate surface area is 117 Å². The molecule has 0 saturated heterocycles. The maximum atomic E-state index is 11.6. The highest BCUT2D eigenvalue weighted by Gasteiger charge is 2.11. The molecule has 20 heavy (non-hydrogen) atoms. The quantitative estimate of drug-likeness (QED) is 0.565. The Kier molecular flexibility index (Phi) is 2.99. The van der Waals surface area contributed by atoms with Crippen LogP contribution in [0, 0.1) is 0 Å². The highest BCUT2D eigenvalue weighted by atomic mass is 16.1. The number of nitrogens with two attached hydrogens (primary N) is 1. The minimum absolute atomic E-state index is 0.392. The third kappa shape index (κ3) is 1.95. The molecular weight excluding hydrogens is 246 g/mol. The molecule has 2 heteroatoms. The number of rotatable bonds is 3. The summed E-state index contributed by atoms with van der Waals surface area (Å²) in [4.78, 5) is 11.6. The van der Waals surface area contributed by atoms with Crippen molar-refractivity contribution in [3.8, 4) is 0 Å². The van der Waals surface area contributed by atoms with Crippen molar-refractivity contribution in [1.29, 1.82) is 0 Å². The van der Waals surface area contributed by atoms with Gasteiger partial charge in [0.15, 0.2) is 0 Å². The average molecular weight is 261 g/mol. The summed E-state index contributed by atoms with van der Waals surface area (Å²) in [5, 5.41) is 4.54. The van der Waals surface area contributed by atoms with Gasteiger partial charge < -0.3 is 5.73 Å². The minimum atomic E-state index is -0.392. The van der Waals surface area contributed by atoms with Gasteiger partial charge in [0.2, 0.25) is 5.91 Å². The summed E-state index contributed by atoms with van der Waals surface area (Å²) in [7, 11) is 0. The molecule has 3 rings (SSSR count). The van der Waals surface area contributed by atoms with Gasteiger partial charge in [0.1, 0.15) is 0 Å². The van der Waals surface area contributed by atoms with Gasteiger partial charge >= 0.3 is 0 Å². The molecule has 0 atom stereocenters. The highest BCUT2D eigenvalue weighted by molar-refractivity contribution is 6.05. The van der Waals surface area contributed by atoms with E-state index in [1.807, 2.05) is 18.2 Å². The molecule has 0 heterocycles. The monoisotopic (exact) mass is 261 g/mol. The van der Waals surface area contributed by atoms with E-state index in [0.717, 1.165) is 21.7 Å². The van der Waals surface area contributed by atoms with E-state index in [-0.39, 0.29) is 0 Å². The first-order chi connectivity index (χ1) is 9.70. The molecule has 98 valence electrons. The molecule has 0 spiro atoms. The second kappa shape index (κ2) is 4.82. The molecule has 2 N–H and O–H groups in total. The Bertz CT molecular complexity index is 833. The lowest BCUT2D eigenvalue weighted by atomic mass is 9.94. The molecule has 0 aliphatic carbocycles. The molecule has 0 aliphatic rings.